The SMILES string of the molecule is C=COC(=O)C(C)(C)C(=O)C1CCCN1C=C. The van der Waals surface area contributed by atoms with E-state index in [1.807, 2.05) is 4.90 Å². The van der Waals surface area contributed by atoms with Gasteiger partial charge in [0, 0.05) is 6.54 Å². The number of hydrogen-bond acceptors (Lipinski definition) is 4. The van der Waals surface area contributed by atoms with Crippen LogP contribution >= 0.6 is 0 Å². The summed E-state index contributed by atoms with van der Waals surface area (Å²) in [6.45, 7) is 11.0. The van der Waals surface area contributed by atoms with Crippen LogP contribution in [0.15, 0.2) is 25.6 Å². The Kier molecular flexibility index (Phi) is 4.10. The third kappa shape index (κ3) is 2.57. The van der Waals surface area contributed by atoms with E-state index >= 15 is 0 Å². The van der Waals surface area contributed by atoms with Crippen LogP contribution in [-0.4, -0.2) is 29.2 Å². The molecule has 4 heteroatoms. The average Bonchev–Trinajstić information content (AvgIpc) is 2.76. The van der Waals surface area contributed by atoms with Crippen LogP contribution < -0.4 is 0 Å². The first kappa shape index (κ1) is 13.5. The molecule has 1 aliphatic rings. The van der Waals surface area contributed by atoms with Crippen molar-refractivity contribution in [3.05, 3.63) is 25.6 Å². The summed E-state index contributed by atoms with van der Waals surface area (Å²) in [4.78, 5) is 25.9. The highest BCUT2D eigenvalue weighted by molar-refractivity contribution is 6.05. The van der Waals surface area contributed by atoms with Crippen LogP contribution in [0.5, 0.6) is 0 Å². The van der Waals surface area contributed by atoms with E-state index in [2.05, 4.69) is 13.2 Å². The highest BCUT2D eigenvalue weighted by atomic mass is 16.5. The Morgan fingerprint density at radius 1 is 1.41 bits per heavy atom. The molecule has 0 saturated carbocycles. The van der Waals surface area contributed by atoms with Gasteiger partial charge in [0.25, 0.3) is 0 Å². The molecular weight excluding hydrogens is 218 g/mol. The summed E-state index contributed by atoms with van der Waals surface area (Å²) in [5, 5.41) is 0. The minimum Gasteiger partial charge on any atom is -0.434 e. The van der Waals surface area contributed by atoms with Crippen LogP contribution in [0.25, 0.3) is 0 Å². The molecule has 0 bridgehead atoms. The van der Waals surface area contributed by atoms with E-state index in [9.17, 15) is 9.59 Å². The Bertz CT molecular complexity index is 347. The zero-order chi connectivity index (χ0) is 13.1. The van der Waals surface area contributed by atoms with Crippen molar-refractivity contribution in [1.82, 2.24) is 4.90 Å². The summed E-state index contributed by atoms with van der Waals surface area (Å²) in [7, 11) is 0. The third-order valence-electron chi connectivity index (χ3n) is 3.15. The lowest BCUT2D eigenvalue weighted by Crippen LogP contribution is -2.45. The van der Waals surface area contributed by atoms with Gasteiger partial charge in [-0.15, -0.1) is 0 Å². The molecule has 17 heavy (non-hydrogen) atoms. The number of esters is 1. The van der Waals surface area contributed by atoms with Crippen molar-refractivity contribution in [2.45, 2.75) is 32.7 Å². The normalized spacial score (nSPS) is 19.9. The van der Waals surface area contributed by atoms with Crippen LogP contribution in [0.4, 0.5) is 0 Å². The second kappa shape index (κ2) is 5.17. The molecule has 1 aliphatic heterocycles. The molecular formula is C13H19NO3. The van der Waals surface area contributed by atoms with E-state index in [-0.39, 0.29) is 11.8 Å². The fourth-order valence-electron chi connectivity index (χ4n) is 2.03. The number of carbonyl (C=O) groups is 2. The molecule has 1 rings (SSSR count). The lowest BCUT2D eigenvalue weighted by molar-refractivity contribution is -0.154. The molecule has 0 amide bonds. The van der Waals surface area contributed by atoms with Crippen molar-refractivity contribution in [1.29, 1.82) is 0 Å². The molecule has 94 valence electrons. The molecule has 1 unspecified atom stereocenters. The molecule has 0 aromatic carbocycles. The van der Waals surface area contributed by atoms with E-state index in [1.54, 1.807) is 20.0 Å². The van der Waals surface area contributed by atoms with E-state index in [1.165, 1.54) is 0 Å². The van der Waals surface area contributed by atoms with Crippen molar-refractivity contribution in [3.63, 3.8) is 0 Å². The van der Waals surface area contributed by atoms with Crippen LogP contribution in [0, 0.1) is 5.41 Å². The van der Waals surface area contributed by atoms with Crippen LogP contribution in [0.3, 0.4) is 0 Å². The lowest BCUT2D eigenvalue weighted by Gasteiger charge is -2.28. The fourth-order valence-corrected chi connectivity index (χ4v) is 2.03. The third-order valence-corrected chi connectivity index (χ3v) is 3.15. The Hall–Kier alpha value is -1.58. The number of ketones is 1. The maximum absolute atomic E-state index is 12.3. The maximum Gasteiger partial charge on any atom is 0.323 e. The minimum absolute atomic E-state index is 0.123. The molecule has 0 aromatic rings. The minimum atomic E-state index is -1.15. The molecule has 0 aliphatic carbocycles. The second-order valence-electron chi connectivity index (χ2n) is 4.64. The lowest BCUT2D eigenvalue weighted by atomic mass is 9.83. The Morgan fingerprint density at radius 2 is 2.06 bits per heavy atom. The van der Waals surface area contributed by atoms with Crippen molar-refractivity contribution < 1.29 is 14.3 Å². The summed E-state index contributed by atoms with van der Waals surface area (Å²) in [6.07, 6.45) is 4.41. The number of hydrogen-bond donors (Lipinski definition) is 0. The van der Waals surface area contributed by atoms with Gasteiger partial charge in [0.15, 0.2) is 5.78 Å². The van der Waals surface area contributed by atoms with E-state index in [0.717, 1.165) is 25.6 Å². The quantitative estimate of drug-likeness (QED) is 0.416. The first-order valence-corrected chi connectivity index (χ1v) is 5.69. The number of likely N-dealkylation sites (tertiary alicyclic amines) is 1. The van der Waals surface area contributed by atoms with Gasteiger partial charge in [-0.1, -0.05) is 13.2 Å². The van der Waals surface area contributed by atoms with Gasteiger partial charge < -0.3 is 9.64 Å². The number of nitrogens with zero attached hydrogens (tertiary/aromatic N) is 1. The van der Waals surface area contributed by atoms with Crippen molar-refractivity contribution in [3.8, 4) is 0 Å². The van der Waals surface area contributed by atoms with Crippen LogP contribution in [0.2, 0.25) is 0 Å². The van der Waals surface area contributed by atoms with Gasteiger partial charge in [0.1, 0.15) is 5.41 Å². The molecule has 1 heterocycles. The number of rotatable bonds is 5. The summed E-state index contributed by atoms with van der Waals surface area (Å²) >= 11 is 0. The van der Waals surface area contributed by atoms with E-state index in [4.69, 9.17) is 4.74 Å². The van der Waals surface area contributed by atoms with Gasteiger partial charge in [-0.3, -0.25) is 9.59 Å². The summed E-state index contributed by atoms with van der Waals surface area (Å²) in [6, 6.07) is -0.264. The zero-order valence-corrected chi connectivity index (χ0v) is 10.4. The summed E-state index contributed by atoms with van der Waals surface area (Å²) in [5.41, 5.74) is -1.15. The largest absolute Gasteiger partial charge is 0.434 e. The van der Waals surface area contributed by atoms with Crippen molar-refractivity contribution in [2.24, 2.45) is 5.41 Å². The predicted molar refractivity (Wildman–Crippen MR) is 65.0 cm³/mol. The molecule has 0 N–H and O–H groups in total. The van der Waals surface area contributed by atoms with Gasteiger partial charge in [0.05, 0.1) is 12.3 Å². The molecule has 0 spiro atoms. The average molecular weight is 237 g/mol. The Balaban J connectivity index is 2.84. The fraction of sp³-hybridized carbons (Fsp3) is 0.538. The Labute approximate surface area is 102 Å². The zero-order valence-electron chi connectivity index (χ0n) is 10.4. The number of Topliss-reactive ketones (excluding diaryl/α,β-unsaturated/α-hetero) is 1. The topological polar surface area (TPSA) is 46.6 Å². The van der Waals surface area contributed by atoms with Gasteiger partial charge >= 0.3 is 5.97 Å². The Morgan fingerprint density at radius 3 is 2.59 bits per heavy atom. The molecule has 4 nitrogen and oxygen atoms in total. The smallest absolute Gasteiger partial charge is 0.323 e. The first-order chi connectivity index (χ1) is 7.95. The second-order valence-corrected chi connectivity index (χ2v) is 4.64. The predicted octanol–water partition coefficient (Wildman–Crippen LogP) is 1.88. The van der Waals surface area contributed by atoms with Crippen LogP contribution in [0.1, 0.15) is 26.7 Å². The van der Waals surface area contributed by atoms with E-state index in [0.29, 0.717) is 0 Å². The van der Waals surface area contributed by atoms with Crippen molar-refractivity contribution >= 4 is 11.8 Å². The van der Waals surface area contributed by atoms with Gasteiger partial charge in [-0.2, -0.15) is 0 Å². The van der Waals surface area contributed by atoms with Gasteiger partial charge in [-0.25, -0.2) is 0 Å². The molecule has 1 atom stereocenters. The standard InChI is InChI=1S/C13H19NO3/c1-5-14-9-7-8-10(14)11(15)13(3,4)12(16)17-6-2/h5-6,10H,1-2,7-9H2,3-4H3. The molecule has 1 saturated heterocycles. The molecule has 0 aromatic heterocycles. The first-order valence-electron chi connectivity index (χ1n) is 5.69. The van der Waals surface area contributed by atoms with Gasteiger partial charge in [0.2, 0.25) is 0 Å². The highest BCUT2D eigenvalue weighted by Crippen LogP contribution is 2.28. The highest BCUT2D eigenvalue weighted by Gasteiger charge is 2.43. The molecule has 0 radical (unpaired) electrons. The summed E-state index contributed by atoms with van der Waals surface area (Å²) < 4.78 is 4.72. The van der Waals surface area contributed by atoms with E-state index < -0.39 is 11.4 Å². The maximum atomic E-state index is 12.3. The van der Waals surface area contributed by atoms with Crippen LogP contribution in [-0.2, 0) is 14.3 Å². The summed E-state index contributed by atoms with van der Waals surface area (Å²) in [5.74, 6) is -0.685. The number of ether oxygens (including phenoxy) is 1. The number of carbonyl (C=O) groups excluding carboxylic acids is 2. The monoisotopic (exact) mass is 237 g/mol. The van der Waals surface area contributed by atoms with Gasteiger partial charge in [-0.05, 0) is 32.9 Å². The van der Waals surface area contributed by atoms with Crippen molar-refractivity contribution in [2.75, 3.05) is 6.54 Å². The molecule has 1 fully saturated rings.